The molecule has 0 amide bonds. The van der Waals surface area contributed by atoms with E-state index in [4.69, 9.17) is 4.74 Å². The number of hydrogen-bond donors (Lipinski definition) is 2. The highest BCUT2D eigenvalue weighted by atomic mass is 79.9. The number of phenolic OH excluding ortho intramolecular Hbond substituents is 1. The minimum Gasteiger partial charge on any atom is -0.508 e. The topological polar surface area (TPSA) is 41.5 Å². The molecule has 0 atom stereocenters. The maximum Gasteiger partial charge on any atom is 0.133 e. The smallest absolute Gasteiger partial charge is 0.133 e. The summed E-state index contributed by atoms with van der Waals surface area (Å²) >= 11 is 3.62. The summed E-state index contributed by atoms with van der Waals surface area (Å²) < 4.78 is 6.74. The van der Waals surface area contributed by atoms with Gasteiger partial charge in [0.15, 0.2) is 0 Å². The average Bonchev–Trinajstić information content (AvgIpc) is 2.74. The number of halogens is 1. The summed E-state index contributed by atoms with van der Waals surface area (Å²) in [6.07, 6.45) is 3.93. The fourth-order valence-electron chi connectivity index (χ4n) is 3.07. The molecule has 0 aliphatic carbocycles. The third-order valence-electron chi connectivity index (χ3n) is 4.67. The van der Waals surface area contributed by atoms with Crippen molar-refractivity contribution in [1.29, 1.82) is 0 Å². The molecular formula is C25H26BrNO2. The van der Waals surface area contributed by atoms with Gasteiger partial charge in [0.1, 0.15) is 18.1 Å². The number of likely N-dealkylation sites (N-methyl/N-ethyl adjacent to an activating group) is 1. The van der Waals surface area contributed by atoms with Gasteiger partial charge in [0.05, 0.1) is 4.47 Å². The lowest BCUT2D eigenvalue weighted by Crippen LogP contribution is -2.16. The molecule has 0 bridgehead atoms. The summed E-state index contributed by atoms with van der Waals surface area (Å²) in [6.45, 7) is 1.45. The van der Waals surface area contributed by atoms with E-state index in [0.717, 1.165) is 29.6 Å². The number of phenols is 1. The van der Waals surface area contributed by atoms with E-state index in [1.165, 1.54) is 22.3 Å². The SMILES string of the molecule is CNCCOc1ccc(CC=C(Cc2ccc(O)cc2)c2ccccc2)cc1Br. The molecule has 4 heteroatoms. The first kappa shape index (κ1) is 21.2. The monoisotopic (exact) mass is 451 g/mol. The molecule has 0 spiro atoms. The number of benzene rings is 3. The first-order valence-corrected chi connectivity index (χ1v) is 10.5. The van der Waals surface area contributed by atoms with Crippen LogP contribution in [0.25, 0.3) is 5.57 Å². The van der Waals surface area contributed by atoms with Gasteiger partial charge in [-0.2, -0.15) is 0 Å². The molecule has 0 saturated carbocycles. The molecular weight excluding hydrogens is 426 g/mol. The van der Waals surface area contributed by atoms with Crippen LogP contribution in [0.3, 0.4) is 0 Å². The van der Waals surface area contributed by atoms with E-state index in [2.05, 4.69) is 63.7 Å². The van der Waals surface area contributed by atoms with Crippen LogP contribution in [0, 0.1) is 0 Å². The van der Waals surface area contributed by atoms with Gasteiger partial charge in [-0.3, -0.25) is 0 Å². The largest absolute Gasteiger partial charge is 0.508 e. The van der Waals surface area contributed by atoms with E-state index < -0.39 is 0 Å². The van der Waals surface area contributed by atoms with Gasteiger partial charge in [-0.1, -0.05) is 54.6 Å². The molecule has 0 saturated heterocycles. The Bertz CT molecular complexity index is 937. The van der Waals surface area contributed by atoms with Crippen molar-refractivity contribution in [2.24, 2.45) is 0 Å². The Morgan fingerprint density at radius 1 is 1.00 bits per heavy atom. The second-order valence-electron chi connectivity index (χ2n) is 6.86. The number of rotatable bonds is 9. The molecule has 0 aliphatic heterocycles. The van der Waals surface area contributed by atoms with Gasteiger partial charge < -0.3 is 15.2 Å². The predicted octanol–water partition coefficient (Wildman–Crippen LogP) is 5.62. The maximum absolute atomic E-state index is 9.54. The molecule has 0 aliphatic rings. The van der Waals surface area contributed by atoms with Crippen molar-refractivity contribution < 1.29 is 9.84 Å². The molecule has 0 unspecified atom stereocenters. The Balaban J connectivity index is 1.77. The molecule has 0 fully saturated rings. The Kier molecular flexibility index (Phi) is 7.91. The third kappa shape index (κ3) is 6.48. The van der Waals surface area contributed by atoms with Gasteiger partial charge in [-0.05, 0) is 82.3 Å². The highest BCUT2D eigenvalue weighted by Crippen LogP contribution is 2.27. The molecule has 2 N–H and O–H groups in total. The number of nitrogens with one attached hydrogen (secondary N) is 1. The Hall–Kier alpha value is -2.56. The van der Waals surface area contributed by atoms with E-state index in [-0.39, 0.29) is 0 Å². The second-order valence-corrected chi connectivity index (χ2v) is 7.71. The summed E-state index contributed by atoms with van der Waals surface area (Å²) in [5.41, 5.74) is 4.87. The molecule has 3 aromatic rings. The van der Waals surface area contributed by atoms with Crippen LogP contribution in [-0.4, -0.2) is 25.3 Å². The zero-order chi connectivity index (χ0) is 20.5. The van der Waals surface area contributed by atoms with Gasteiger partial charge in [-0.15, -0.1) is 0 Å². The predicted molar refractivity (Wildman–Crippen MR) is 123 cm³/mol. The normalized spacial score (nSPS) is 11.4. The molecule has 0 radical (unpaired) electrons. The van der Waals surface area contributed by atoms with Crippen molar-refractivity contribution >= 4 is 21.5 Å². The zero-order valence-corrected chi connectivity index (χ0v) is 18.2. The van der Waals surface area contributed by atoms with Crippen molar-refractivity contribution in [1.82, 2.24) is 5.32 Å². The van der Waals surface area contributed by atoms with E-state index in [0.29, 0.717) is 12.4 Å². The maximum atomic E-state index is 9.54. The lowest BCUT2D eigenvalue weighted by molar-refractivity contribution is 0.316. The van der Waals surface area contributed by atoms with Crippen molar-refractivity contribution in [3.8, 4) is 11.5 Å². The van der Waals surface area contributed by atoms with E-state index in [9.17, 15) is 5.11 Å². The van der Waals surface area contributed by atoms with Crippen LogP contribution < -0.4 is 10.1 Å². The quantitative estimate of drug-likeness (QED) is 0.414. The fraction of sp³-hybridized carbons (Fsp3) is 0.200. The summed E-state index contributed by atoms with van der Waals surface area (Å²) in [4.78, 5) is 0. The summed E-state index contributed by atoms with van der Waals surface area (Å²) in [6, 6.07) is 24.1. The fourth-order valence-corrected chi connectivity index (χ4v) is 3.61. The Morgan fingerprint density at radius 2 is 1.72 bits per heavy atom. The molecule has 0 heterocycles. The number of hydrogen-bond acceptors (Lipinski definition) is 3. The summed E-state index contributed by atoms with van der Waals surface area (Å²) in [5, 5.41) is 12.6. The third-order valence-corrected chi connectivity index (χ3v) is 5.29. The number of ether oxygens (including phenoxy) is 1. The van der Waals surface area contributed by atoms with E-state index in [1.807, 2.05) is 31.3 Å². The molecule has 150 valence electrons. The summed E-state index contributed by atoms with van der Waals surface area (Å²) in [5.74, 6) is 1.15. The zero-order valence-electron chi connectivity index (χ0n) is 16.6. The van der Waals surface area contributed by atoms with Crippen LogP contribution in [0.2, 0.25) is 0 Å². The summed E-state index contributed by atoms with van der Waals surface area (Å²) in [7, 11) is 1.91. The standard InChI is InChI=1S/C25H26BrNO2/c1-27-15-16-29-25-14-10-20(18-24(25)26)7-11-22(21-5-3-2-4-6-21)17-19-8-12-23(28)13-9-19/h2-6,8-14,18,27-28H,7,15-17H2,1H3. The molecule has 0 aromatic heterocycles. The van der Waals surface area contributed by atoms with Crippen LogP contribution in [0.15, 0.2) is 83.3 Å². The van der Waals surface area contributed by atoms with Crippen molar-refractivity contribution in [2.45, 2.75) is 12.8 Å². The number of allylic oxidation sites excluding steroid dienone is 2. The molecule has 3 aromatic carbocycles. The first-order valence-electron chi connectivity index (χ1n) is 9.74. The molecule has 3 rings (SSSR count). The molecule has 29 heavy (non-hydrogen) atoms. The van der Waals surface area contributed by atoms with E-state index in [1.54, 1.807) is 12.1 Å². The van der Waals surface area contributed by atoms with E-state index >= 15 is 0 Å². The Labute approximate surface area is 181 Å². The van der Waals surface area contributed by atoms with Gasteiger partial charge in [-0.25, -0.2) is 0 Å². The van der Waals surface area contributed by atoms with Crippen LogP contribution in [0.1, 0.15) is 16.7 Å². The minimum atomic E-state index is 0.292. The van der Waals surface area contributed by atoms with Crippen LogP contribution >= 0.6 is 15.9 Å². The van der Waals surface area contributed by atoms with Gasteiger partial charge in [0.25, 0.3) is 0 Å². The lowest BCUT2D eigenvalue weighted by Gasteiger charge is -2.11. The molecule has 3 nitrogen and oxygen atoms in total. The second kappa shape index (κ2) is 10.8. The average molecular weight is 452 g/mol. The van der Waals surface area contributed by atoms with Crippen molar-refractivity contribution in [3.05, 3.63) is 100 Å². The Morgan fingerprint density at radius 3 is 2.41 bits per heavy atom. The first-order chi connectivity index (χ1) is 14.2. The number of aromatic hydroxyl groups is 1. The van der Waals surface area contributed by atoms with Gasteiger partial charge >= 0.3 is 0 Å². The van der Waals surface area contributed by atoms with Crippen molar-refractivity contribution in [3.63, 3.8) is 0 Å². The minimum absolute atomic E-state index is 0.292. The van der Waals surface area contributed by atoms with Crippen molar-refractivity contribution in [2.75, 3.05) is 20.2 Å². The lowest BCUT2D eigenvalue weighted by atomic mass is 9.96. The highest BCUT2D eigenvalue weighted by molar-refractivity contribution is 9.10. The van der Waals surface area contributed by atoms with Gasteiger partial charge in [0, 0.05) is 6.54 Å². The van der Waals surface area contributed by atoms with Crippen LogP contribution in [0.4, 0.5) is 0 Å². The van der Waals surface area contributed by atoms with Gasteiger partial charge in [0.2, 0.25) is 0 Å². The van der Waals surface area contributed by atoms with Crippen LogP contribution in [-0.2, 0) is 12.8 Å². The highest BCUT2D eigenvalue weighted by Gasteiger charge is 2.06. The van der Waals surface area contributed by atoms with Crippen LogP contribution in [0.5, 0.6) is 11.5 Å².